The van der Waals surface area contributed by atoms with Gasteiger partial charge in [0.25, 0.3) is 11.8 Å². The van der Waals surface area contributed by atoms with Crippen molar-refractivity contribution in [1.82, 2.24) is 15.3 Å². The van der Waals surface area contributed by atoms with E-state index in [2.05, 4.69) is 12.2 Å². The molecule has 0 aromatic carbocycles. The number of imide groups is 1. The van der Waals surface area contributed by atoms with E-state index < -0.39 is 23.4 Å². The van der Waals surface area contributed by atoms with Crippen LogP contribution < -0.4 is 11.1 Å². The molecule has 3 amide bonds. The molecule has 0 bridgehead atoms. The van der Waals surface area contributed by atoms with Crippen molar-refractivity contribution in [2.75, 3.05) is 14.1 Å². The van der Waals surface area contributed by atoms with E-state index in [1.807, 2.05) is 0 Å². The molecule has 0 aromatic rings. The molecular formula is C30H58N4O3. The number of rotatable bonds is 23. The molecule has 3 N–H and O–H groups in total. The zero-order valence-corrected chi connectivity index (χ0v) is 24.6. The number of amides is 3. The van der Waals surface area contributed by atoms with Crippen LogP contribution in [-0.4, -0.2) is 53.4 Å². The van der Waals surface area contributed by atoms with Crippen molar-refractivity contribution in [1.29, 1.82) is 0 Å². The number of hydrazine groups is 1. The number of nitrogens with one attached hydrogen (secondary N) is 1. The average molecular weight is 523 g/mol. The summed E-state index contributed by atoms with van der Waals surface area (Å²) in [6.45, 7) is 4.04. The third kappa shape index (κ3) is 12.3. The Kier molecular flexibility index (Phi) is 17.8. The first kappa shape index (κ1) is 33.6. The Morgan fingerprint density at radius 1 is 0.757 bits per heavy atom. The maximum atomic E-state index is 12.7. The largest absolute Gasteiger partial charge is 0.342 e. The summed E-state index contributed by atoms with van der Waals surface area (Å²) in [7, 11) is 3.24. The van der Waals surface area contributed by atoms with E-state index >= 15 is 0 Å². The van der Waals surface area contributed by atoms with Gasteiger partial charge in [-0.2, -0.15) is 0 Å². The highest BCUT2D eigenvalue weighted by atomic mass is 16.2. The number of carbonyl (C=O) groups is 3. The second-order valence-electron chi connectivity index (χ2n) is 11.3. The van der Waals surface area contributed by atoms with Gasteiger partial charge < -0.3 is 11.1 Å². The molecule has 37 heavy (non-hydrogen) atoms. The first-order valence-electron chi connectivity index (χ1n) is 15.4. The lowest BCUT2D eigenvalue weighted by atomic mass is 9.90. The number of hydrogen-bond donors (Lipinski definition) is 2. The minimum absolute atomic E-state index is 0.206. The molecule has 0 saturated carbocycles. The molecule has 2 unspecified atom stereocenters. The Morgan fingerprint density at radius 2 is 1.14 bits per heavy atom. The van der Waals surface area contributed by atoms with Crippen molar-refractivity contribution < 1.29 is 14.4 Å². The highest BCUT2D eigenvalue weighted by Gasteiger charge is 2.57. The van der Waals surface area contributed by atoms with Crippen LogP contribution in [0.3, 0.4) is 0 Å². The van der Waals surface area contributed by atoms with Gasteiger partial charge in [-0.15, -0.1) is 0 Å². The number of hydrogen-bond acceptors (Lipinski definition) is 5. The van der Waals surface area contributed by atoms with Crippen molar-refractivity contribution in [3.63, 3.8) is 0 Å². The lowest BCUT2D eigenvalue weighted by molar-refractivity contribution is -0.154. The van der Waals surface area contributed by atoms with Crippen LogP contribution in [-0.2, 0) is 14.4 Å². The first-order chi connectivity index (χ1) is 17.8. The third-order valence-electron chi connectivity index (χ3n) is 7.86. The van der Waals surface area contributed by atoms with Gasteiger partial charge in [0.15, 0.2) is 0 Å². The molecule has 216 valence electrons. The predicted octanol–water partition coefficient (Wildman–Crippen LogP) is 6.25. The maximum Gasteiger partial charge on any atom is 0.269 e. The summed E-state index contributed by atoms with van der Waals surface area (Å²) in [6.07, 6.45) is 25.6. The number of nitrogens with two attached hydrogens (primary N) is 1. The molecule has 7 nitrogen and oxygen atoms in total. The molecule has 0 aliphatic carbocycles. The summed E-state index contributed by atoms with van der Waals surface area (Å²) in [5, 5.41) is 5.20. The normalized spacial score (nSPS) is 19.8. The molecule has 1 aliphatic heterocycles. The highest BCUT2D eigenvalue weighted by molar-refractivity contribution is 6.12. The van der Waals surface area contributed by atoms with E-state index in [0.717, 1.165) is 24.3 Å². The summed E-state index contributed by atoms with van der Waals surface area (Å²) in [4.78, 5) is 37.8. The minimum Gasteiger partial charge on any atom is -0.342 e. The van der Waals surface area contributed by atoms with Crippen LogP contribution in [0.4, 0.5) is 0 Å². The lowest BCUT2D eigenvalue weighted by Gasteiger charge is -2.26. The summed E-state index contributed by atoms with van der Waals surface area (Å²) in [6, 6.07) is -1.000. The van der Waals surface area contributed by atoms with Crippen LogP contribution in [0.1, 0.15) is 149 Å². The van der Waals surface area contributed by atoms with Crippen LogP contribution in [0.25, 0.3) is 0 Å². The van der Waals surface area contributed by atoms with Crippen LogP contribution in [0.2, 0.25) is 0 Å². The molecule has 1 rings (SSSR count). The van der Waals surface area contributed by atoms with Crippen LogP contribution >= 0.6 is 0 Å². The van der Waals surface area contributed by atoms with Crippen molar-refractivity contribution in [2.24, 2.45) is 5.73 Å². The average Bonchev–Trinajstić information content (AvgIpc) is 3.06. The summed E-state index contributed by atoms with van der Waals surface area (Å²) < 4.78 is 0. The van der Waals surface area contributed by atoms with Gasteiger partial charge in [0.1, 0.15) is 11.6 Å². The van der Waals surface area contributed by atoms with Gasteiger partial charge in [-0.05, 0) is 12.8 Å². The SMILES string of the molecule is CCCCCCCCCCCCCCCCCCCCCC(=O)NC1C(=O)N(N(C)C)C(=O)C1(N)CC. The molecule has 1 aliphatic rings. The molecule has 1 fully saturated rings. The number of unbranched alkanes of at least 4 members (excludes halogenated alkanes) is 18. The second-order valence-corrected chi connectivity index (χ2v) is 11.3. The zero-order valence-electron chi connectivity index (χ0n) is 24.6. The standard InChI is InChI=1S/C30H58N4O3/c1-5-7-8-9-10-11-12-13-14-15-16-17-18-19-20-21-22-23-24-25-26(35)32-27-28(36)34(33(3)4)29(37)30(27,31)6-2/h27H,5-25,31H2,1-4H3,(H,32,35). The van der Waals surface area contributed by atoms with E-state index in [0.29, 0.717) is 6.42 Å². The third-order valence-corrected chi connectivity index (χ3v) is 7.86. The molecule has 0 aromatic heterocycles. The van der Waals surface area contributed by atoms with E-state index in [-0.39, 0.29) is 12.3 Å². The maximum absolute atomic E-state index is 12.7. The Morgan fingerprint density at radius 3 is 1.49 bits per heavy atom. The molecule has 0 radical (unpaired) electrons. The second kappa shape index (κ2) is 19.6. The van der Waals surface area contributed by atoms with Crippen molar-refractivity contribution >= 4 is 17.7 Å². The number of nitrogens with zero attached hydrogens (tertiary/aromatic N) is 2. The van der Waals surface area contributed by atoms with Gasteiger partial charge in [0.2, 0.25) is 5.91 Å². The Labute approximate surface area is 227 Å². The fraction of sp³-hybridized carbons (Fsp3) is 0.900. The van der Waals surface area contributed by atoms with E-state index in [4.69, 9.17) is 5.73 Å². The van der Waals surface area contributed by atoms with Gasteiger partial charge in [0, 0.05) is 20.5 Å². The first-order valence-corrected chi connectivity index (χ1v) is 15.4. The molecular weight excluding hydrogens is 464 g/mol. The molecule has 1 saturated heterocycles. The smallest absolute Gasteiger partial charge is 0.269 e. The fourth-order valence-corrected chi connectivity index (χ4v) is 5.29. The summed E-state index contributed by atoms with van der Waals surface area (Å²) >= 11 is 0. The van der Waals surface area contributed by atoms with Crippen LogP contribution in [0.15, 0.2) is 0 Å². The van der Waals surface area contributed by atoms with Crippen molar-refractivity contribution in [2.45, 2.75) is 160 Å². The molecule has 1 heterocycles. The van der Waals surface area contributed by atoms with E-state index in [1.54, 1.807) is 21.0 Å². The van der Waals surface area contributed by atoms with Gasteiger partial charge in [0.05, 0.1) is 0 Å². The van der Waals surface area contributed by atoms with Crippen molar-refractivity contribution in [3.8, 4) is 0 Å². The van der Waals surface area contributed by atoms with Gasteiger partial charge in [-0.25, -0.2) is 10.0 Å². The Hall–Kier alpha value is -1.47. The molecule has 7 heteroatoms. The van der Waals surface area contributed by atoms with Crippen LogP contribution in [0.5, 0.6) is 0 Å². The quantitative estimate of drug-likeness (QED) is 0.122. The fourth-order valence-electron chi connectivity index (χ4n) is 5.29. The Balaban J connectivity index is 1.98. The topological polar surface area (TPSA) is 95.7 Å². The number of carbonyl (C=O) groups excluding carboxylic acids is 3. The van der Waals surface area contributed by atoms with Gasteiger partial charge in [-0.3, -0.25) is 14.4 Å². The van der Waals surface area contributed by atoms with Crippen molar-refractivity contribution in [3.05, 3.63) is 0 Å². The van der Waals surface area contributed by atoms with Gasteiger partial charge in [-0.1, -0.05) is 129 Å². The Bertz CT molecular complexity index is 655. The van der Waals surface area contributed by atoms with E-state index in [1.165, 1.54) is 108 Å². The monoisotopic (exact) mass is 522 g/mol. The molecule has 2 atom stereocenters. The predicted molar refractivity (Wildman–Crippen MR) is 153 cm³/mol. The minimum atomic E-state index is -1.38. The van der Waals surface area contributed by atoms with Gasteiger partial charge >= 0.3 is 0 Å². The molecule has 0 spiro atoms. The highest BCUT2D eigenvalue weighted by Crippen LogP contribution is 2.26. The zero-order chi connectivity index (χ0) is 27.5. The summed E-state index contributed by atoms with van der Waals surface area (Å²) in [5.41, 5.74) is 4.88. The van der Waals surface area contributed by atoms with E-state index in [9.17, 15) is 14.4 Å². The summed E-state index contributed by atoms with van der Waals surface area (Å²) in [5.74, 6) is -1.12. The van der Waals surface area contributed by atoms with Crippen LogP contribution in [0, 0.1) is 0 Å². The lowest BCUT2D eigenvalue weighted by Crippen LogP contribution is -2.60.